The summed E-state index contributed by atoms with van der Waals surface area (Å²) in [4.78, 5) is 5.95. The smallest absolute Gasteiger partial charge is 0.127 e. The van der Waals surface area contributed by atoms with E-state index in [1.807, 2.05) is 39.2 Å². The average molecular weight is 253 g/mol. The summed E-state index contributed by atoms with van der Waals surface area (Å²) in [6, 6.07) is 5.59. The Morgan fingerprint density at radius 2 is 2.00 bits per heavy atom. The molecule has 17 heavy (non-hydrogen) atoms. The van der Waals surface area contributed by atoms with Crippen LogP contribution in [0.3, 0.4) is 0 Å². The lowest BCUT2D eigenvalue weighted by Gasteiger charge is -2.11. The summed E-state index contributed by atoms with van der Waals surface area (Å²) < 4.78 is 0. The summed E-state index contributed by atoms with van der Waals surface area (Å²) in [6.45, 7) is 1.96. The van der Waals surface area contributed by atoms with Crippen molar-refractivity contribution in [2.45, 2.75) is 6.92 Å². The largest absolute Gasteiger partial charge is 0.385 e. The van der Waals surface area contributed by atoms with Crippen molar-refractivity contribution in [3.05, 3.63) is 40.7 Å². The Hall–Kier alpha value is -1.68. The van der Waals surface area contributed by atoms with Gasteiger partial charge in [-0.25, -0.2) is 4.99 Å². The van der Waals surface area contributed by atoms with Gasteiger partial charge in [0.2, 0.25) is 0 Å². The lowest BCUT2D eigenvalue weighted by molar-refractivity contribution is 0.506. The Morgan fingerprint density at radius 3 is 2.53 bits per heavy atom. The number of nitrogens with zero attached hydrogens (tertiary/aromatic N) is 2. The normalized spacial score (nSPS) is 12.7. The van der Waals surface area contributed by atoms with Crippen molar-refractivity contribution in [1.29, 1.82) is 0 Å². The number of hydrogen-bond acceptors (Lipinski definition) is 3. The molecule has 1 rings (SSSR count). The van der Waals surface area contributed by atoms with Gasteiger partial charge in [0.15, 0.2) is 0 Å². The van der Waals surface area contributed by atoms with E-state index in [1.54, 1.807) is 11.0 Å². The number of aliphatic imine (C=N–C) groups is 1. The Balaban J connectivity index is 2.99. The first-order valence-corrected chi connectivity index (χ1v) is 5.52. The van der Waals surface area contributed by atoms with Gasteiger partial charge < -0.3 is 16.4 Å². The van der Waals surface area contributed by atoms with Crippen LogP contribution in [0, 0.1) is 6.92 Å². The number of benzene rings is 1. The summed E-state index contributed by atoms with van der Waals surface area (Å²) in [5.74, 6) is 0.858. The topological polar surface area (TPSA) is 67.6 Å². The highest BCUT2D eigenvalue weighted by molar-refractivity contribution is 6.33. The molecule has 4 N–H and O–H groups in total. The third-order valence-electron chi connectivity index (χ3n) is 2.16. The molecule has 0 aromatic heterocycles. The molecule has 0 spiro atoms. The first-order chi connectivity index (χ1) is 7.90. The maximum atomic E-state index is 6.05. The van der Waals surface area contributed by atoms with Gasteiger partial charge in [0.05, 0.1) is 10.7 Å². The molecule has 0 saturated heterocycles. The van der Waals surface area contributed by atoms with Gasteiger partial charge in [0.25, 0.3) is 0 Å². The van der Waals surface area contributed by atoms with E-state index in [0.717, 1.165) is 5.56 Å². The number of hydrogen-bond donors (Lipinski definition) is 2. The monoisotopic (exact) mass is 252 g/mol. The molecule has 0 unspecified atom stereocenters. The number of aryl methyl sites for hydroxylation is 1. The molecule has 0 fully saturated rings. The molecule has 0 radical (unpaired) electrons. The molecular formula is C12H17ClN4. The highest BCUT2D eigenvalue weighted by Crippen LogP contribution is 2.25. The van der Waals surface area contributed by atoms with E-state index >= 15 is 0 Å². The van der Waals surface area contributed by atoms with E-state index in [2.05, 4.69) is 4.99 Å². The second-order valence-corrected chi connectivity index (χ2v) is 4.36. The molecule has 92 valence electrons. The van der Waals surface area contributed by atoms with E-state index in [4.69, 9.17) is 23.1 Å². The minimum Gasteiger partial charge on any atom is -0.385 e. The van der Waals surface area contributed by atoms with Crippen LogP contribution in [0.4, 0.5) is 5.69 Å². The summed E-state index contributed by atoms with van der Waals surface area (Å²) in [7, 11) is 3.66. The standard InChI is InChI=1S/C12H17ClN4/c1-8-4-5-10(9(13)6-8)16-11(14)7-12(15)17(2)3/h4-7H,15H2,1-3H3,(H2,14,16). The Bertz CT molecular complexity index is 464. The van der Waals surface area contributed by atoms with Gasteiger partial charge in [-0.3, -0.25) is 0 Å². The van der Waals surface area contributed by atoms with Crippen LogP contribution in [0.1, 0.15) is 5.56 Å². The maximum absolute atomic E-state index is 6.05. The summed E-state index contributed by atoms with van der Waals surface area (Å²) in [6.07, 6.45) is 1.59. The third-order valence-corrected chi connectivity index (χ3v) is 2.47. The van der Waals surface area contributed by atoms with Crippen LogP contribution in [-0.2, 0) is 0 Å². The minimum absolute atomic E-state index is 0.321. The molecule has 0 amide bonds. The van der Waals surface area contributed by atoms with Gasteiger partial charge in [0.1, 0.15) is 11.7 Å². The lowest BCUT2D eigenvalue weighted by Crippen LogP contribution is -2.21. The molecular weight excluding hydrogens is 236 g/mol. The number of amidine groups is 1. The second-order valence-electron chi connectivity index (χ2n) is 3.96. The van der Waals surface area contributed by atoms with Gasteiger partial charge >= 0.3 is 0 Å². The minimum atomic E-state index is 0.321. The zero-order valence-electron chi connectivity index (χ0n) is 10.2. The number of rotatable bonds is 3. The molecule has 4 nitrogen and oxygen atoms in total. The van der Waals surface area contributed by atoms with Gasteiger partial charge in [-0.15, -0.1) is 0 Å². The Morgan fingerprint density at radius 1 is 1.35 bits per heavy atom. The van der Waals surface area contributed by atoms with E-state index in [-0.39, 0.29) is 0 Å². The van der Waals surface area contributed by atoms with Crippen molar-refractivity contribution in [1.82, 2.24) is 4.90 Å². The molecule has 1 aromatic carbocycles. The molecule has 0 aliphatic heterocycles. The summed E-state index contributed by atoms with van der Waals surface area (Å²) in [5.41, 5.74) is 13.2. The molecule has 0 saturated carbocycles. The van der Waals surface area contributed by atoms with Crippen LogP contribution in [0.25, 0.3) is 0 Å². The van der Waals surface area contributed by atoms with Crippen molar-refractivity contribution in [2.75, 3.05) is 14.1 Å². The second kappa shape index (κ2) is 5.59. The van der Waals surface area contributed by atoms with Crippen LogP contribution in [-0.4, -0.2) is 24.8 Å². The molecule has 1 aromatic rings. The van der Waals surface area contributed by atoms with Gasteiger partial charge in [-0.05, 0) is 24.6 Å². The summed E-state index contributed by atoms with van der Waals surface area (Å²) in [5, 5.41) is 0.574. The highest BCUT2D eigenvalue weighted by Gasteiger charge is 2.00. The summed E-state index contributed by atoms with van der Waals surface area (Å²) >= 11 is 6.05. The molecule has 0 atom stereocenters. The van der Waals surface area contributed by atoms with Crippen LogP contribution >= 0.6 is 11.6 Å². The van der Waals surface area contributed by atoms with Crippen LogP contribution in [0.2, 0.25) is 5.02 Å². The molecule has 0 heterocycles. The number of nitrogens with two attached hydrogens (primary N) is 2. The zero-order valence-corrected chi connectivity index (χ0v) is 11.0. The van der Waals surface area contributed by atoms with Crippen molar-refractivity contribution in [3.8, 4) is 0 Å². The lowest BCUT2D eigenvalue weighted by atomic mass is 10.2. The molecule has 0 aliphatic rings. The first kappa shape index (κ1) is 13.4. The van der Waals surface area contributed by atoms with Gasteiger partial charge in [-0.2, -0.15) is 0 Å². The zero-order chi connectivity index (χ0) is 13.0. The van der Waals surface area contributed by atoms with Crippen LogP contribution in [0.5, 0.6) is 0 Å². The predicted molar refractivity (Wildman–Crippen MR) is 73.4 cm³/mol. The van der Waals surface area contributed by atoms with Crippen LogP contribution < -0.4 is 11.5 Å². The molecule has 5 heteroatoms. The maximum Gasteiger partial charge on any atom is 0.127 e. The fourth-order valence-electron chi connectivity index (χ4n) is 1.15. The van der Waals surface area contributed by atoms with Crippen molar-refractivity contribution in [2.24, 2.45) is 16.5 Å². The van der Waals surface area contributed by atoms with E-state index in [9.17, 15) is 0 Å². The van der Waals surface area contributed by atoms with Gasteiger partial charge in [0, 0.05) is 20.2 Å². The molecule has 0 bridgehead atoms. The van der Waals surface area contributed by atoms with Crippen LogP contribution in [0.15, 0.2) is 35.1 Å². The van der Waals surface area contributed by atoms with Crippen molar-refractivity contribution < 1.29 is 0 Å². The molecule has 0 aliphatic carbocycles. The number of halogens is 1. The average Bonchev–Trinajstić information content (AvgIpc) is 2.22. The van der Waals surface area contributed by atoms with Crippen molar-refractivity contribution in [3.63, 3.8) is 0 Å². The predicted octanol–water partition coefficient (Wildman–Crippen LogP) is 2.00. The van der Waals surface area contributed by atoms with E-state index in [1.165, 1.54) is 0 Å². The van der Waals surface area contributed by atoms with Crippen molar-refractivity contribution >= 4 is 23.1 Å². The quantitative estimate of drug-likeness (QED) is 0.639. The Labute approximate surface area is 107 Å². The van der Waals surface area contributed by atoms with E-state index in [0.29, 0.717) is 22.4 Å². The highest BCUT2D eigenvalue weighted by atomic mass is 35.5. The fraction of sp³-hybridized carbons (Fsp3) is 0.250. The fourth-order valence-corrected chi connectivity index (χ4v) is 1.43. The third kappa shape index (κ3) is 4.00. The van der Waals surface area contributed by atoms with Gasteiger partial charge in [-0.1, -0.05) is 17.7 Å². The first-order valence-electron chi connectivity index (χ1n) is 5.15. The Kier molecular flexibility index (Phi) is 4.40. The van der Waals surface area contributed by atoms with E-state index < -0.39 is 0 Å². The SMILES string of the molecule is Cc1ccc(N=C(N)C=C(N)N(C)C)c(Cl)c1.